The summed E-state index contributed by atoms with van der Waals surface area (Å²) in [7, 11) is 1.60. The van der Waals surface area contributed by atoms with E-state index in [9.17, 15) is 14.4 Å². The Labute approximate surface area is 178 Å². The molecule has 0 radical (unpaired) electrons. The highest BCUT2D eigenvalue weighted by atomic mass is 16.5. The highest BCUT2D eigenvalue weighted by molar-refractivity contribution is 6.01. The van der Waals surface area contributed by atoms with Gasteiger partial charge in [-0.1, -0.05) is 12.1 Å². The number of hydrogen-bond donors (Lipinski definition) is 2. The molecule has 0 saturated carbocycles. The second-order valence-electron chi connectivity index (χ2n) is 7.09. The van der Waals surface area contributed by atoms with Gasteiger partial charge in [-0.25, -0.2) is 4.98 Å². The van der Waals surface area contributed by atoms with Crippen LogP contribution in [0.25, 0.3) is 11.4 Å². The van der Waals surface area contributed by atoms with E-state index in [0.29, 0.717) is 17.2 Å². The number of ether oxygens (including phenoxy) is 1. The predicted octanol–water partition coefficient (Wildman–Crippen LogP) is 2.06. The molecular weight excluding hydrogens is 398 g/mol. The molecule has 1 fully saturated rings. The molecule has 2 heterocycles. The van der Waals surface area contributed by atoms with E-state index in [1.54, 1.807) is 31.4 Å². The fourth-order valence-corrected chi connectivity index (χ4v) is 3.25. The summed E-state index contributed by atoms with van der Waals surface area (Å²) in [5.74, 6) is 1.23. The molecule has 31 heavy (non-hydrogen) atoms. The number of carbonyl (C=O) groups is 3. The first-order valence-electron chi connectivity index (χ1n) is 9.79. The molecule has 1 aliphatic rings. The lowest BCUT2D eigenvalue weighted by molar-refractivity contribution is -0.139. The van der Waals surface area contributed by atoms with E-state index in [2.05, 4.69) is 20.5 Å². The predicted molar refractivity (Wildman–Crippen MR) is 111 cm³/mol. The lowest BCUT2D eigenvalue weighted by Crippen LogP contribution is -2.28. The molecule has 9 heteroatoms. The molecule has 0 unspecified atom stereocenters. The average Bonchev–Trinajstić information content (AvgIpc) is 3.40. The topological polar surface area (TPSA) is 117 Å². The van der Waals surface area contributed by atoms with Gasteiger partial charge in [0.05, 0.1) is 20.2 Å². The molecule has 2 N–H and O–H groups in total. The van der Waals surface area contributed by atoms with Gasteiger partial charge in [0.15, 0.2) is 5.82 Å². The number of aromatic nitrogens is 3. The van der Waals surface area contributed by atoms with Gasteiger partial charge in [-0.2, -0.15) is 5.10 Å². The minimum atomic E-state index is -0.262. The Morgan fingerprint density at radius 2 is 1.74 bits per heavy atom. The lowest BCUT2D eigenvalue weighted by Gasteiger charge is -2.13. The van der Waals surface area contributed by atoms with Gasteiger partial charge in [0, 0.05) is 24.0 Å². The number of rotatable bonds is 7. The van der Waals surface area contributed by atoms with E-state index in [1.807, 2.05) is 24.3 Å². The molecule has 1 saturated heterocycles. The summed E-state index contributed by atoms with van der Waals surface area (Å²) in [5.41, 5.74) is 2.09. The fourth-order valence-electron chi connectivity index (χ4n) is 3.25. The van der Waals surface area contributed by atoms with Gasteiger partial charge in [-0.3, -0.25) is 24.4 Å². The quantitative estimate of drug-likeness (QED) is 0.566. The van der Waals surface area contributed by atoms with Gasteiger partial charge in [-0.15, -0.1) is 0 Å². The molecule has 0 spiro atoms. The number of hydrogen-bond acceptors (Lipinski definition) is 6. The third kappa shape index (κ3) is 4.61. The van der Waals surface area contributed by atoms with Crippen molar-refractivity contribution in [3.63, 3.8) is 0 Å². The zero-order chi connectivity index (χ0) is 21.8. The normalized spacial score (nSPS) is 13.5. The van der Waals surface area contributed by atoms with Crippen molar-refractivity contribution in [3.8, 4) is 17.1 Å². The van der Waals surface area contributed by atoms with E-state index < -0.39 is 0 Å². The van der Waals surface area contributed by atoms with Crippen molar-refractivity contribution in [2.24, 2.45) is 0 Å². The molecule has 0 bridgehead atoms. The SMILES string of the molecule is COc1ccc(-c2n[nH]c(CNC(=O)c3ccc(CN4C(=O)CCC4=O)cc3)n2)cc1. The van der Waals surface area contributed by atoms with Crippen LogP contribution in [-0.2, 0) is 22.7 Å². The monoisotopic (exact) mass is 419 g/mol. The van der Waals surface area contributed by atoms with Crippen LogP contribution in [0.1, 0.15) is 34.6 Å². The third-order valence-electron chi connectivity index (χ3n) is 5.01. The number of imide groups is 1. The van der Waals surface area contributed by atoms with E-state index in [4.69, 9.17) is 4.74 Å². The molecule has 4 rings (SSSR count). The first-order valence-corrected chi connectivity index (χ1v) is 9.79. The Morgan fingerprint density at radius 1 is 1.06 bits per heavy atom. The lowest BCUT2D eigenvalue weighted by atomic mass is 10.1. The Morgan fingerprint density at radius 3 is 2.39 bits per heavy atom. The summed E-state index contributed by atoms with van der Waals surface area (Å²) in [6.07, 6.45) is 0.530. The van der Waals surface area contributed by atoms with Crippen LogP contribution in [0.4, 0.5) is 0 Å². The number of methoxy groups -OCH3 is 1. The molecule has 0 atom stereocenters. The van der Waals surface area contributed by atoms with Gasteiger partial charge >= 0.3 is 0 Å². The number of benzene rings is 2. The third-order valence-corrected chi connectivity index (χ3v) is 5.01. The van der Waals surface area contributed by atoms with Crippen LogP contribution < -0.4 is 10.1 Å². The Hall–Kier alpha value is -4.01. The number of nitrogens with one attached hydrogen (secondary N) is 2. The fraction of sp³-hybridized carbons (Fsp3) is 0.227. The van der Waals surface area contributed by atoms with Crippen LogP contribution in [-0.4, -0.2) is 44.9 Å². The molecule has 3 aromatic rings. The maximum Gasteiger partial charge on any atom is 0.251 e. The molecule has 1 aliphatic heterocycles. The number of aromatic amines is 1. The van der Waals surface area contributed by atoms with E-state index in [-0.39, 0.29) is 43.7 Å². The number of nitrogens with zero attached hydrogens (tertiary/aromatic N) is 3. The number of carbonyl (C=O) groups excluding carboxylic acids is 3. The van der Waals surface area contributed by atoms with Crippen LogP contribution in [0.2, 0.25) is 0 Å². The smallest absolute Gasteiger partial charge is 0.251 e. The largest absolute Gasteiger partial charge is 0.497 e. The van der Waals surface area contributed by atoms with Gasteiger partial charge < -0.3 is 10.1 Å². The van der Waals surface area contributed by atoms with E-state index in [1.165, 1.54) is 4.90 Å². The summed E-state index contributed by atoms with van der Waals surface area (Å²) in [6.45, 7) is 0.423. The van der Waals surface area contributed by atoms with Crippen molar-refractivity contribution < 1.29 is 19.1 Å². The summed E-state index contributed by atoms with van der Waals surface area (Å²) < 4.78 is 5.14. The zero-order valence-corrected chi connectivity index (χ0v) is 16.9. The first kappa shape index (κ1) is 20.3. The highest BCUT2D eigenvalue weighted by Gasteiger charge is 2.28. The Balaban J connectivity index is 1.33. The molecule has 3 amide bonds. The zero-order valence-electron chi connectivity index (χ0n) is 16.9. The second kappa shape index (κ2) is 8.78. The van der Waals surface area contributed by atoms with Crippen LogP contribution >= 0.6 is 0 Å². The second-order valence-corrected chi connectivity index (χ2v) is 7.09. The van der Waals surface area contributed by atoms with Gasteiger partial charge in [-0.05, 0) is 42.0 Å². The molecule has 0 aliphatic carbocycles. The minimum Gasteiger partial charge on any atom is -0.497 e. The summed E-state index contributed by atoms with van der Waals surface area (Å²) in [6, 6.07) is 14.2. The van der Waals surface area contributed by atoms with Crippen molar-refractivity contribution >= 4 is 17.7 Å². The molecule has 9 nitrogen and oxygen atoms in total. The van der Waals surface area contributed by atoms with Crippen LogP contribution in [0.5, 0.6) is 5.75 Å². The van der Waals surface area contributed by atoms with Gasteiger partial charge in [0.25, 0.3) is 5.91 Å². The van der Waals surface area contributed by atoms with Crippen molar-refractivity contribution in [2.45, 2.75) is 25.9 Å². The Kier molecular flexibility index (Phi) is 5.74. The molecule has 1 aromatic heterocycles. The van der Waals surface area contributed by atoms with Gasteiger partial charge in [0.2, 0.25) is 11.8 Å². The van der Waals surface area contributed by atoms with Crippen molar-refractivity contribution in [1.29, 1.82) is 0 Å². The van der Waals surface area contributed by atoms with Crippen molar-refractivity contribution in [2.75, 3.05) is 7.11 Å². The molecule has 2 aromatic carbocycles. The van der Waals surface area contributed by atoms with Crippen molar-refractivity contribution in [3.05, 3.63) is 65.5 Å². The summed E-state index contributed by atoms with van der Waals surface area (Å²) in [5, 5.41) is 9.79. The Bertz CT molecular complexity index is 1090. The summed E-state index contributed by atoms with van der Waals surface area (Å²) in [4.78, 5) is 41.5. The minimum absolute atomic E-state index is 0.159. The summed E-state index contributed by atoms with van der Waals surface area (Å²) >= 11 is 0. The maximum absolute atomic E-state index is 12.4. The average molecular weight is 419 g/mol. The van der Waals surface area contributed by atoms with Crippen LogP contribution in [0.15, 0.2) is 48.5 Å². The molecular formula is C22H21N5O4. The van der Waals surface area contributed by atoms with Crippen LogP contribution in [0.3, 0.4) is 0 Å². The number of likely N-dealkylation sites (tertiary alicyclic amines) is 1. The van der Waals surface area contributed by atoms with E-state index in [0.717, 1.165) is 16.9 Å². The van der Waals surface area contributed by atoms with Crippen LogP contribution in [0, 0.1) is 0 Å². The van der Waals surface area contributed by atoms with E-state index >= 15 is 0 Å². The standard InChI is InChI=1S/C22H21N5O4/c1-31-17-8-6-15(7-9-17)21-24-18(25-26-21)12-23-22(30)16-4-2-14(3-5-16)13-27-19(28)10-11-20(27)29/h2-9H,10-13H2,1H3,(H,23,30)(H,24,25,26). The first-order chi connectivity index (χ1) is 15.0. The molecule has 158 valence electrons. The van der Waals surface area contributed by atoms with Gasteiger partial charge in [0.1, 0.15) is 11.6 Å². The highest BCUT2D eigenvalue weighted by Crippen LogP contribution is 2.19. The number of H-pyrrole nitrogens is 1. The maximum atomic E-state index is 12.4. The van der Waals surface area contributed by atoms with Crippen molar-refractivity contribution in [1.82, 2.24) is 25.4 Å². The number of amides is 3.